The van der Waals surface area contributed by atoms with Crippen LogP contribution in [0.1, 0.15) is 24.8 Å². The van der Waals surface area contributed by atoms with Gasteiger partial charge in [0, 0.05) is 18.7 Å². The van der Waals surface area contributed by atoms with E-state index < -0.39 is 11.9 Å². The van der Waals surface area contributed by atoms with E-state index >= 15 is 0 Å². The molecule has 0 radical (unpaired) electrons. The van der Waals surface area contributed by atoms with Crippen LogP contribution in [0.15, 0.2) is 24.3 Å². The number of likely N-dealkylation sites (tertiary alicyclic amines) is 1. The van der Waals surface area contributed by atoms with E-state index in [2.05, 4.69) is 0 Å². The van der Waals surface area contributed by atoms with Gasteiger partial charge in [-0.1, -0.05) is 18.2 Å². The van der Waals surface area contributed by atoms with Gasteiger partial charge in [0.2, 0.25) is 5.91 Å². The lowest BCUT2D eigenvalue weighted by molar-refractivity contribution is -0.142. The number of hydrogen-bond acceptors (Lipinski definition) is 4. The molecule has 1 unspecified atom stereocenters. The van der Waals surface area contributed by atoms with Crippen molar-refractivity contribution in [1.82, 2.24) is 4.90 Å². The summed E-state index contributed by atoms with van der Waals surface area (Å²) in [5.41, 5.74) is 11.8. The summed E-state index contributed by atoms with van der Waals surface area (Å²) >= 11 is 0. The van der Waals surface area contributed by atoms with E-state index in [0.29, 0.717) is 25.3 Å². The molecule has 1 aliphatic rings. The van der Waals surface area contributed by atoms with E-state index in [-0.39, 0.29) is 12.5 Å². The molecule has 1 aromatic rings. The molecule has 0 spiro atoms. The number of hydrogen-bond donors (Lipinski definition) is 2. The molecule has 1 atom stereocenters. The van der Waals surface area contributed by atoms with Crippen LogP contribution in [-0.2, 0) is 16.1 Å². The summed E-state index contributed by atoms with van der Waals surface area (Å²) in [5, 5.41) is 0. The number of para-hydroxylation sites is 1. The molecule has 1 fully saturated rings. The Morgan fingerprint density at radius 2 is 2.05 bits per heavy atom. The van der Waals surface area contributed by atoms with Crippen molar-refractivity contribution in [3.8, 4) is 5.75 Å². The number of piperidine rings is 1. The van der Waals surface area contributed by atoms with Gasteiger partial charge < -0.3 is 21.1 Å². The highest BCUT2D eigenvalue weighted by molar-refractivity contribution is 5.87. The summed E-state index contributed by atoms with van der Waals surface area (Å²) < 4.78 is 5.55. The SMILES string of the molecule is NCc1ccccc1OCC(=O)N1CCCCC1C(N)=O. The Balaban J connectivity index is 1.99. The maximum absolute atomic E-state index is 12.2. The molecule has 114 valence electrons. The number of carbonyl (C=O) groups is 2. The normalized spacial score (nSPS) is 18.3. The molecule has 0 aliphatic carbocycles. The lowest BCUT2D eigenvalue weighted by Crippen LogP contribution is -2.51. The lowest BCUT2D eigenvalue weighted by Gasteiger charge is -2.33. The van der Waals surface area contributed by atoms with Crippen LogP contribution in [-0.4, -0.2) is 35.9 Å². The first-order chi connectivity index (χ1) is 10.1. The zero-order chi connectivity index (χ0) is 15.2. The average Bonchev–Trinajstić information content (AvgIpc) is 2.52. The highest BCUT2D eigenvalue weighted by Crippen LogP contribution is 2.19. The van der Waals surface area contributed by atoms with Crippen LogP contribution >= 0.6 is 0 Å². The quantitative estimate of drug-likeness (QED) is 0.819. The number of benzene rings is 1. The van der Waals surface area contributed by atoms with Crippen molar-refractivity contribution in [1.29, 1.82) is 0 Å². The fraction of sp³-hybridized carbons (Fsp3) is 0.467. The number of primary amides is 1. The predicted molar refractivity (Wildman–Crippen MR) is 78.4 cm³/mol. The topological polar surface area (TPSA) is 98.7 Å². The lowest BCUT2D eigenvalue weighted by atomic mass is 10.0. The van der Waals surface area contributed by atoms with Gasteiger partial charge in [0.25, 0.3) is 5.91 Å². The third-order valence-electron chi connectivity index (χ3n) is 3.70. The van der Waals surface area contributed by atoms with Gasteiger partial charge in [0.1, 0.15) is 11.8 Å². The van der Waals surface area contributed by atoms with E-state index in [1.165, 1.54) is 4.90 Å². The molecule has 4 N–H and O–H groups in total. The first kappa shape index (κ1) is 15.3. The van der Waals surface area contributed by atoms with Gasteiger partial charge in [0.05, 0.1) is 0 Å². The first-order valence-corrected chi connectivity index (χ1v) is 7.13. The Hall–Kier alpha value is -2.08. The number of rotatable bonds is 5. The fourth-order valence-electron chi connectivity index (χ4n) is 2.56. The minimum absolute atomic E-state index is 0.110. The second kappa shape index (κ2) is 7.08. The largest absolute Gasteiger partial charge is 0.483 e. The third kappa shape index (κ3) is 3.72. The summed E-state index contributed by atoms with van der Waals surface area (Å²) in [4.78, 5) is 25.2. The van der Waals surface area contributed by atoms with Crippen LogP contribution in [0.3, 0.4) is 0 Å². The van der Waals surface area contributed by atoms with Gasteiger partial charge in [-0.3, -0.25) is 9.59 Å². The molecule has 1 aliphatic heterocycles. The Labute approximate surface area is 124 Å². The Kier molecular flexibility index (Phi) is 5.16. The second-order valence-corrected chi connectivity index (χ2v) is 5.10. The number of carbonyl (C=O) groups excluding carboxylic acids is 2. The Morgan fingerprint density at radius 1 is 1.29 bits per heavy atom. The summed E-state index contributed by atoms with van der Waals surface area (Å²) in [7, 11) is 0. The van der Waals surface area contributed by atoms with Crippen molar-refractivity contribution in [2.24, 2.45) is 11.5 Å². The van der Waals surface area contributed by atoms with Crippen LogP contribution in [0.2, 0.25) is 0 Å². The first-order valence-electron chi connectivity index (χ1n) is 7.13. The van der Waals surface area contributed by atoms with Crippen molar-refractivity contribution in [2.75, 3.05) is 13.2 Å². The maximum atomic E-state index is 12.2. The molecular weight excluding hydrogens is 270 g/mol. The van der Waals surface area contributed by atoms with E-state index in [9.17, 15) is 9.59 Å². The average molecular weight is 291 g/mol. The number of ether oxygens (including phenoxy) is 1. The Morgan fingerprint density at radius 3 is 2.76 bits per heavy atom. The highest BCUT2D eigenvalue weighted by Gasteiger charge is 2.30. The molecule has 1 saturated heterocycles. The van der Waals surface area contributed by atoms with Gasteiger partial charge in [0.15, 0.2) is 6.61 Å². The van der Waals surface area contributed by atoms with Crippen molar-refractivity contribution < 1.29 is 14.3 Å². The highest BCUT2D eigenvalue weighted by atomic mass is 16.5. The smallest absolute Gasteiger partial charge is 0.261 e. The van der Waals surface area contributed by atoms with E-state index in [4.69, 9.17) is 16.2 Å². The zero-order valence-electron chi connectivity index (χ0n) is 12.0. The second-order valence-electron chi connectivity index (χ2n) is 5.10. The van der Waals surface area contributed by atoms with Crippen LogP contribution in [0.4, 0.5) is 0 Å². The summed E-state index contributed by atoms with van der Waals surface area (Å²) in [6.45, 7) is 0.785. The molecule has 2 rings (SSSR count). The number of amides is 2. The molecule has 0 aromatic heterocycles. The monoisotopic (exact) mass is 291 g/mol. The van der Waals surface area contributed by atoms with Gasteiger partial charge in [-0.25, -0.2) is 0 Å². The standard InChI is InChI=1S/C15H21N3O3/c16-9-11-5-1-2-7-13(11)21-10-14(19)18-8-4-3-6-12(18)15(17)20/h1-2,5,7,12H,3-4,6,8-10,16H2,(H2,17,20). The molecule has 1 heterocycles. The summed E-state index contributed by atoms with van der Waals surface area (Å²) in [6, 6.07) is 6.81. The van der Waals surface area contributed by atoms with E-state index in [0.717, 1.165) is 18.4 Å². The molecule has 2 amide bonds. The minimum atomic E-state index is -0.514. The molecule has 21 heavy (non-hydrogen) atoms. The van der Waals surface area contributed by atoms with Crippen LogP contribution in [0.25, 0.3) is 0 Å². The predicted octanol–water partition coefficient (Wildman–Crippen LogP) is 0.390. The Bertz CT molecular complexity index is 519. The molecular formula is C15H21N3O3. The van der Waals surface area contributed by atoms with Gasteiger partial charge in [-0.05, 0) is 25.3 Å². The van der Waals surface area contributed by atoms with Gasteiger partial charge in [-0.15, -0.1) is 0 Å². The van der Waals surface area contributed by atoms with Crippen molar-refractivity contribution in [3.05, 3.63) is 29.8 Å². The van der Waals surface area contributed by atoms with Crippen molar-refractivity contribution >= 4 is 11.8 Å². The van der Waals surface area contributed by atoms with Crippen LogP contribution in [0.5, 0.6) is 5.75 Å². The van der Waals surface area contributed by atoms with E-state index in [1.807, 2.05) is 18.2 Å². The molecule has 6 heteroatoms. The minimum Gasteiger partial charge on any atom is -0.483 e. The fourth-order valence-corrected chi connectivity index (χ4v) is 2.56. The van der Waals surface area contributed by atoms with Crippen molar-refractivity contribution in [3.63, 3.8) is 0 Å². The summed E-state index contributed by atoms with van der Waals surface area (Å²) in [5.74, 6) is -0.0725. The molecule has 6 nitrogen and oxygen atoms in total. The molecule has 1 aromatic carbocycles. The van der Waals surface area contributed by atoms with E-state index in [1.54, 1.807) is 6.07 Å². The van der Waals surface area contributed by atoms with Gasteiger partial charge >= 0.3 is 0 Å². The van der Waals surface area contributed by atoms with Crippen LogP contribution in [0, 0.1) is 0 Å². The summed E-state index contributed by atoms with van der Waals surface area (Å²) in [6.07, 6.45) is 2.42. The zero-order valence-corrected chi connectivity index (χ0v) is 12.0. The number of nitrogens with zero attached hydrogens (tertiary/aromatic N) is 1. The van der Waals surface area contributed by atoms with Crippen molar-refractivity contribution in [2.45, 2.75) is 31.8 Å². The number of nitrogens with two attached hydrogens (primary N) is 2. The third-order valence-corrected chi connectivity index (χ3v) is 3.70. The molecule has 0 bridgehead atoms. The van der Waals surface area contributed by atoms with Gasteiger partial charge in [-0.2, -0.15) is 0 Å². The molecule has 0 saturated carbocycles. The maximum Gasteiger partial charge on any atom is 0.261 e. The van der Waals surface area contributed by atoms with Crippen LogP contribution < -0.4 is 16.2 Å².